The van der Waals surface area contributed by atoms with Gasteiger partial charge in [0.15, 0.2) is 0 Å². The molecule has 0 radical (unpaired) electrons. The largest absolute Gasteiger partial charge is 0.321 e. The molecule has 0 saturated heterocycles. The molecule has 2 rings (SSSR count). The van der Waals surface area contributed by atoms with Gasteiger partial charge < -0.3 is 4.57 Å². The van der Waals surface area contributed by atoms with E-state index in [1.165, 1.54) is 16.9 Å². The van der Waals surface area contributed by atoms with Gasteiger partial charge in [-0.3, -0.25) is 0 Å². The van der Waals surface area contributed by atoms with E-state index in [2.05, 4.69) is 48.5 Å². The smallest absolute Gasteiger partial charge is 0.0452 e. The number of benzene rings is 1. The van der Waals surface area contributed by atoms with Crippen LogP contribution in [-0.2, 0) is 0 Å². The maximum atomic E-state index is 3.68. The molecule has 0 N–H and O–H groups in total. The van der Waals surface area contributed by atoms with Crippen LogP contribution in [0.4, 0.5) is 0 Å². The van der Waals surface area contributed by atoms with Gasteiger partial charge in [0.05, 0.1) is 0 Å². The first-order valence-electron chi connectivity index (χ1n) is 5.35. The summed E-state index contributed by atoms with van der Waals surface area (Å²) in [5, 5.41) is 0. The summed E-state index contributed by atoms with van der Waals surface area (Å²) in [4.78, 5) is 0. The van der Waals surface area contributed by atoms with Crippen LogP contribution in [0.3, 0.4) is 0 Å². The van der Waals surface area contributed by atoms with Crippen molar-refractivity contribution in [2.75, 3.05) is 0 Å². The predicted molar refractivity (Wildman–Crippen MR) is 69.7 cm³/mol. The minimum Gasteiger partial charge on any atom is -0.321 e. The zero-order valence-corrected chi connectivity index (χ0v) is 9.43. The lowest BCUT2D eigenvalue weighted by molar-refractivity contribution is 1.01. The second-order valence-corrected chi connectivity index (χ2v) is 3.66. The van der Waals surface area contributed by atoms with Crippen molar-refractivity contribution in [1.29, 1.82) is 0 Å². The van der Waals surface area contributed by atoms with Crippen molar-refractivity contribution >= 4 is 6.08 Å². The van der Waals surface area contributed by atoms with Crippen LogP contribution in [0.5, 0.6) is 0 Å². The number of aromatic nitrogens is 1. The van der Waals surface area contributed by atoms with Crippen LogP contribution in [0.25, 0.3) is 11.8 Å². The molecule has 1 heteroatoms. The van der Waals surface area contributed by atoms with Gasteiger partial charge in [0, 0.05) is 17.6 Å². The molecule has 1 heterocycles. The summed E-state index contributed by atoms with van der Waals surface area (Å²) < 4.78 is 2.18. The van der Waals surface area contributed by atoms with Crippen molar-refractivity contribution in [3.8, 4) is 5.69 Å². The van der Waals surface area contributed by atoms with Crippen molar-refractivity contribution in [1.82, 2.24) is 4.57 Å². The van der Waals surface area contributed by atoms with E-state index in [-0.39, 0.29) is 0 Å². The Balaban J connectivity index is 2.41. The summed E-state index contributed by atoms with van der Waals surface area (Å²) in [7, 11) is 0. The molecule has 0 aliphatic heterocycles. The second-order valence-electron chi connectivity index (χ2n) is 3.66. The topological polar surface area (TPSA) is 4.93 Å². The normalized spacial score (nSPS) is 10.8. The van der Waals surface area contributed by atoms with E-state index >= 15 is 0 Å². The van der Waals surface area contributed by atoms with Crippen molar-refractivity contribution in [3.63, 3.8) is 0 Å². The fourth-order valence-corrected chi connectivity index (χ4v) is 1.74. The third-order valence-electron chi connectivity index (χ3n) is 2.63. The Morgan fingerprint density at radius 1 is 1.12 bits per heavy atom. The molecule has 0 fully saturated rings. The Bertz CT molecular complexity index is 503. The lowest BCUT2D eigenvalue weighted by atomic mass is 10.2. The standard InChI is InChI=1S/C15H15N/c1-3-4-8-14-11-12-16(13(14)2)15-9-6-5-7-10-15/h3-12H,1H2,2H3/b8-4-. The van der Waals surface area contributed by atoms with Gasteiger partial charge >= 0.3 is 0 Å². The first-order valence-corrected chi connectivity index (χ1v) is 5.35. The average molecular weight is 209 g/mol. The zero-order valence-electron chi connectivity index (χ0n) is 9.43. The van der Waals surface area contributed by atoms with Crippen molar-refractivity contribution in [2.45, 2.75) is 6.92 Å². The summed E-state index contributed by atoms with van der Waals surface area (Å²) >= 11 is 0. The highest BCUT2D eigenvalue weighted by Gasteiger charge is 2.02. The van der Waals surface area contributed by atoms with Gasteiger partial charge in [-0.05, 0) is 30.7 Å². The molecule has 0 aliphatic carbocycles. The van der Waals surface area contributed by atoms with Crippen LogP contribution >= 0.6 is 0 Å². The Morgan fingerprint density at radius 3 is 2.56 bits per heavy atom. The van der Waals surface area contributed by atoms with Gasteiger partial charge in [-0.25, -0.2) is 0 Å². The quantitative estimate of drug-likeness (QED) is 0.674. The molecule has 1 aromatic heterocycles. The van der Waals surface area contributed by atoms with E-state index < -0.39 is 0 Å². The molecule has 0 saturated carbocycles. The van der Waals surface area contributed by atoms with E-state index in [0.717, 1.165) is 0 Å². The number of allylic oxidation sites excluding steroid dienone is 2. The lowest BCUT2D eigenvalue weighted by Gasteiger charge is -2.05. The minimum absolute atomic E-state index is 1.19. The van der Waals surface area contributed by atoms with E-state index in [4.69, 9.17) is 0 Å². The predicted octanol–water partition coefficient (Wildman–Crippen LogP) is 3.98. The van der Waals surface area contributed by atoms with Crippen molar-refractivity contribution in [2.24, 2.45) is 0 Å². The van der Waals surface area contributed by atoms with Crippen LogP contribution in [-0.4, -0.2) is 4.57 Å². The number of rotatable bonds is 3. The molecule has 1 aromatic carbocycles. The van der Waals surface area contributed by atoms with Gasteiger partial charge in [0.1, 0.15) is 0 Å². The molecule has 0 bridgehead atoms. The highest BCUT2D eigenvalue weighted by Crippen LogP contribution is 2.17. The van der Waals surface area contributed by atoms with Crippen LogP contribution in [0.15, 0.2) is 61.3 Å². The van der Waals surface area contributed by atoms with Crippen LogP contribution in [0, 0.1) is 6.92 Å². The first kappa shape index (κ1) is 10.5. The van der Waals surface area contributed by atoms with Crippen LogP contribution in [0.1, 0.15) is 11.3 Å². The van der Waals surface area contributed by atoms with Crippen molar-refractivity contribution in [3.05, 3.63) is 72.6 Å². The molecule has 0 amide bonds. The number of hydrogen-bond donors (Lipinski definition) is 0. The van der Waals surface area contributed by atoms with E-state index in [1.807, 2.05) is 24.3 Å². The Hall–Kier alpha value is -2.02. The van der Waals surface area contributed by atoms with E-state index in [9.17, 15) is 0 Å². The lowest BCUT2D eigenvalue weighted by Crippen LogP contribution is -1.94. The summed E-state index contributed by atoms with van der Waals surface area (Å²) in [6.07, 6.45) is 7.91. The molecular formula is C15H15N. The molecular weight excluding hydrogens is 194 g/mol. The molecule has 0 aliphatic rings. The van der Waals surface area contributed by atoms with Gasteiger partial charge in [0.2, 0.25) is 0 Å². The first-order chi connectivity index (χ1) is 7.83. The second kappa shape index (κ2) is 4.67. The zero-order chi connectivity index (χ0) is 11.4. The average Bonchev–Trinajstić information content (AvgIpc) is 2.69. The fraction of sp³-hybridized carbons (Fsp3) is 0.0667. The minimum atomic E-state index is 1.19. The highest BCUT2D eigenvalue weighted by molar-refractivity contribution is 5.55. The molecule has 0 atom stereocenters. The third kappa shape index (κ3) is 1.98. The summed E-state index contributed by atoms with van der Waals surface area (Å²) in [6, 6.07) is 12.5. The molecule has 1 nitrogen and oxygen atoms in total. The maximum absolute atomic E-state index is 3.68. The molecule has 16 heavy (non-hydrogen) atoms. The third-order valence-corrected chi connectivity index (χ3v) is 2.63. The number of para-hydroxylation sites is 1. The number of nitrogens with zero attached hydrogens (tertiary/aromatic N) is 1. The molecule has 0 spiro atoms. The van der Waals surface area contributed by atoms with Crippen LogP contribution in [0.2, 0.25) is 0 Å². The highest BCUT2D eigenvalue weighted by atomic mass is 15.0. The van der Waals surface area contributed by atoms with Crippen molar-refractivity contribution < 1.29 is 0 Å². The number of hydrogen-bond acceptors (Lipinski definition) is 0. The molecule has 2 aromatic rings. The van der Waals surface area contributed by atoms with Gasteiger partial charge in [0.25, 0.3) is 0 Å². The van der Waals surface area contributed by atoms with Gasteiger partial charge in [-0.1, -0.05) is 43.0 Å². The van der Waals surface area contributed by atoms with Gasteiger partial charge in [-0.2, -0.15) is 0 Å². The molecule has 80 valence electrons. The summed E-state index contributed by atoms with van der Waals surface area (Å²) in [5.41, 5.74) is 3.66. The summed E-state index contributed by atoms with van der Waals surface area (Å²) in [6.45, 7) is 5.80. The SMILES string of the molecule is C=C/C=C\c1ccn(-c2ccccc2)c1C. The van der Waals surface area contributed by atoms with Crippen LogP contribution < -0.4 is 0 Å². The Morgan fingerprint density at radius 2 is 1.88 bits per heavy atom. The fourth-order valence-electron chi connectivity index (χ4n) is 1.74. The van der Waals surface area contributed by atoms with E-state index in [1.54, 1.807) is 6.08 Å². The molecule has 0 unspecified atom stereocenters. The monoisotopic (exact) mass is 209 g/mol. The maximum Gasteiger partial charge on any atom is 0.0452 e. The van der Waals surface area contributed by atoms with Gasteiger partial charge in [-0.15, -0.1) is 0 Å². The Labute approximate surface area is 96.4 Å². The Kier molecular flexibility index (Phi) is 3.06. The summed E-state index contributed by atoms with van der Waals surface area (Å²) in [5.74, 6) is 0. The van der Waals surface area contributed by atoms with E-state index in [0.29, 0.717) is 0 Å².